The van der Waals surface area contributed by atoms with Crippen molar-refractivity contribution in [2.75, 3.05) is 6.61 Å². The molecule has 2 heteroatoms. The van der Waals surface area contributed by atoms with Crippen LogP contribution in [0.1, 0.15) is 32.6 Å². The van der Waals surface area contributed by atoms with Crippen LogP contribution in [0.15, 0.2) is 12.2 Å². The standard InChI is InChI=1S/C10H16O2/c1-2-3-4-5-8-12-10(11)9-6-7-9/h2-3,9H,4-8H2,1H3/b3-2+. The Labute approximate surface area is 73.6 Å². The number of hydrogen-bond donors (Lipinski definition) is 0. The molecule has 0 N–H and O–H groups in total. The molecule has 0 atom stereocenters. The van der Waals surface area contributed by atoms with E-state index < -0.39 is 0 Å². The summed E-state index contributed by atoms with van der Waals surface area (Å²) in [5.41, 5.74) is 0. The van der Waals surface area contributed by atoms with Gasteiger partial charge in [-0.25, -0.2) is 0 Å². The topological polar surface area (TPSA) is 26.3 Å². The number of hydrogen-bond acceptors (Lipinski definition) is 2. The summed E-state index contributed by atoms with van der Waals surface area (Å²) in [4.78, 5) is 11.0. The molecular weight excluding hydrogens is 152 g/mol. The van der Waals surface area contributed by atoms with Crippen LogP contribution in [-0.2, 0) is 9.53 Å². The number of carbonyl (C=O) groups is 1. The summed E-state index contributed by atoms with van der Waals surface area (Å²) < 4.78 is 5.04. The summed E-state index contributed by atoms with van der Waals surface area (Å²) in [6, 6.07) is 0. The zero-order chi connectivity index (χ0) is 8.81. The minimum Gasteiger partial charge on any atom is -0.465 e. The first-order valence-corrected chi connectivity index (χ1v) is 4.62. The molecule has 1 aliphatic carbocycles. The van der Waals surface area contributed by atoms with Crippen molar-refractivity contribution >= 4 is 5.97 Å². The minimum absolute atomic E-state index is 0.00970. The lowest BCUT2D eigenvalue weighted by Crippen LogP contribution is -2.07. The highest BCUT2D eigenvalue weighted by molar-refractivity contribution is 5.74. The van der Waals surface area contributed by atoms with E-state index in [1.807, 2.05) is 13.0 Å². The molecule has 1 rings (SSSR count). The van der Waals surface area contributed by atoms with Crippen molar-refractivity contribution in [1.82, 2.24) is 0 Å². The summed E-state index contributed by atoms with van der Waals surface area (Å²) >= 11 is 0. The van der Waals surface area contributed by atoms with E-state index in [2.05, 4.69) is 6.08 Å². The molecule has 0 radical (unpaired) electrons. The molecule has 0 amide bonds. The number of carbonyl (C=O) groups excluding carboxylic acids is 1. The second-order valence-corrected chi connectivity index (χ2v) is 3.15. The van der Waals surface area contributed by atoms with Crippen LogP contribution in [0.5, 0.6) is 0 Å². The van der Waals surface area contributed by atoms with Crippen molar-refractivity contribution in [2.24, 2.45) is 5.92 Å². The average molecular weight is 168 g/mol. The van der Waals surface area contributed by atoms with E-state index in [0.29, 0.717) is 6.61 Å². The lowest BCUT2D eigenvalue weighted by molar-refractivity contribution is -0.145. The van der Waals surface area contributed by atoms with Crippen LogP contribution in [0, 0.1) is 5.92 Å². The van der Waals surface area contributed by atoms with Crippen molar-refractivity contribution in [2.45, 2.75) is 32.6 Å². The smallest absolute Gasteiger partial charge is 0.308 e. The zero-order valence-corrected chi connectivity index (χ0v) is 7.58. The summed E-state index contributed by atoms with van der Waals surface area (Å²) in [6.45, 7) is 2.58. The van der Waals surface area contributed by atoms with Gasteiger partial charge < -0.3 is 4.74 Å². The highest BCUT2D eigenvalue weighted by Crippen LogP contribution is 2.29. The number of unbranched alkanes of at least 4 members (excludes halogenated alkanes) is 1. The maximum atomic E-state index is 11.0. The van der Waals surface area contributed by atoms with Crippen molar-refractivity contribution in [3.05, 3.63) is 12.2 Å². The van der Waals surface area contributed by atoms with Crippen molar-refractivity contribution in [3.8, 4) is 0 Å². The fourth-order valence-corrected chi connectivity index (χ4v) is 0.977. The molecule has 0 aliphatic heterocycles. The highest BCUT2D eigenvalue weighted by Gasteiger charge is 2.30. The van der Waals surface area contributed by atoms with Gasteiger partial charge in [0.15, 0.2) is 0 Å². The molecule has 0 bridgehead atoms. The van der Waals surface area contributed by atoms with Gasteiger partial charge in [-0.15, -0.1) is 0 Å². The van der Waals surface area contributed by atoms with E-state index in [4.69, 9.17) is 4.74 Å². The SMILES string of the molecule is C/C=C/CCCOC(=O)C1CC1. The molecule has 1 saturated carbocycles. The van der Waals surface area contributed by atoms with E-state index in [9.17, 15) is 4.79 Å². The minimum atomic E-state index is 0.00970. The number of allylic oxidation sites excluding steroid dienone is 2. The molecule has 1 fully saturated rings. The van der Waals surface area contributed by atoms with Crippen LogP contribution in [0.25, 0.3) is 0 Å². The quantitative estimate of drug-likeness (QED) is 0.357. The molecule has 2 nitrogen and oxygen atoms in total. The predicted octanol–water partition coefficient (Wildman–Crippen LogP) is 2.30. The van der Waals surface area contributed by atoms with Gasteiger partial charge in [0, 0.05) is 0 Å². The van der Waals surface area contributed by atoms with Gasteiger partial charge in [-0.05, 0) is 32.6 Å². The highest BCUT2D eigenvalue weighted by atomic mass is 16.5. The molecule has 0 spiro atoms. The van der Waals surface area contributed by atoms with Gasteiger partial charge >= 0.3 is 5.97 Å². The van der Waals surface area contributed by atoms with E-state index in [0.717, 1.165) is 25.7 Å². The fourth-order valence-electron chi connectivity index (χ4n) is 0.977. The van der Waals surface area contributed by atoms with Crippen molar-refractivity contribution in [1.29, 1.82) is 0 Å². The second kappa shape index (κ2) is 4.96. The molecule has 0 heterocycles. The first-order valence-electron chi connectivity index (χ1n) is 4.62. The summed E-state index contributed by atoms with van der Waals surface area (Å²) in [5, 5.41) is 0. The Morgan fingerprint density at radius 2 is 2.33 bits per heavy atom. The molecule has 0 aromatic carbocycles. The molecule has 0 unspecified atom stereocenters. The third-order valence-corrected chi connectivity index (χ3v) is 1.91. The summed E-state index contributed by atoms with van der Waals surface area (Å²) in [6.07, 6.45) is 8.13. The molecule has 0 aromatic rings. The Bertz CT molecular complexity index is 169. The van der Waals surface area contributed by atoms with Gasteiger partial charge in [0.2, 0.25) is 0 Å². The molecule has 68 valence electrons. The Kier molecular flexibility index (Phi) is 3.85. The van der Waals surface area contributed by atoms with Gasteiger partial charge in [-0.1, -0.05) is 12.2 Å². The molecule has 0 aromatic heterocycles. The van der Waals surface area contributed by atoms with Gasteiger partial charge in [0.05, 0.1) is 12.5 Å². The molecular formula is C10H16O2. The van der Waals surface area contributed by atoms with Crippen LogP contribution in [-0.4, -0.2) is 12.6 Å². The van der Waals surface area contributed by atoms with E-state index >= 15 is 0 Å². The summed E-state index contributed by atoms with van der Waals surface area (Å²) in [5.74, 6) is 0.252. The van der Waals surface area contributed by atoms with Crippen LogP contribution in [0.3, 0.4) is 0 Å². The Morgan fingerprint density at radius 3 is 2.92 bits per heavy atom. The lowest BCUT2D eigenvalue weighted by atomic mass is 10.3. The normalized spacial score (nSPS) is 16.8. The largest absolute Gasteiger partial charge is 0.465 e. The monoisotopic (exact) mass is 168 g/mol. The zero-order valence-electron chi connectivity index (χ0n) is 7.58. The van der Waals surface area contributed by atoms with Crippen molar-refractivity contribution in [3.63, 3.8) is 0 Å². The van der Waals surface area contributed by atoms with Gasteiger partial charge in [-0.3, -0.25) is 4.79 Å². The number of rotatable bonds is 5. The molecule has 12 heavy (non-hydrogen) atoms. The first kappa shape index (κ1) is 9.30. The van der Waals surface area contributed by atoms with E-state index in [1.165, 1.54) is 0 Å². The van der Waals surface area contributed by atoms with Gasteiger partial charge in [-0.2, -0.15) is 0 Å². The Hall–Kier alpha value is -0.790. The number of esters is 1. The van der Waals surface area contributed by atoms with E-state index in [-0.39, 0.29) is 11.9 Å². The molecule has 1 aliphatic rings. The maximum Gasteiger partial charge on any atom is 0.308 e. The lowest BCUT2D eigenvalue weighted by Gasteiger charge is -2.00. The Balaban J connectivity index is 1.90. The predicted molar refractivity (Wildman–Crippen MR) is 47.7 cm³/mol. The van der Waals surface area contributed by atoms with Gasteiger partial charge in [0.1, 0.15) is 0 Å². The third kappa shape index (κ3) is 3.56. The van der Waals surface area contributed by atoms with Crippen LogP contribution < -0.4 is 0 Å². The first-order chi connectivity index (χ1) is 5.84. The van der Waals surface area contributed by atoms with Gasteiger partial charge in [0.25, 0.3) is 0 Å². The number of ether oxygens (including phenoxy) is 1. The molecule has 0 saturated heterocycles. The maximum absolute atomic E-state index is 11.0. The van der Waals surface area contributed by atoms with Crippen LogP contribution in [0.4, 0.5) is 0 Å². The second-order valence-electron chi connectivity index (χ2n) is 3.15. The van der Waals surface area contributed by atoms with Crippen LogP contribution in [0.2, 0.25) is 0 Å². The van der Waals surface area contributed by atoms with Crippen LogP contribution >= 0.6 is 0 Å². The fraction of sp³-hybridized carbons (Fsp3) is 0.700. The van der Waals surface area contributed by atoms with E-state index in [1.54, 1.807) is 0 Å². The van der Waals surface area contributed by atoms with Crippen molar-refractivity contribution < 1.29 is 9.53 Å². The third-order valence-electron chi connectivity index (χ3n) is 1.91. The Morgan fingerprint density at radius 1 is 1.58 bits per heavy atom. The summed E-state index contributed by atoms with van der Waals surface area (Å²) in [7, 11) is 0. The average Bonchev–Trinajstić information content (AvgIpc) is 2.86.